The standard InChI is InChI=1S/C17H17Cl2N5O2/c18-12-4-3-11-10-21-23(13(11)9-12)6-1-5-20-16(25)15-14(19)17-24(22-15)7-2-8-26-17/h3-4,9-10H,1-2,5-8H2,(H,20,25). The zero-order valence-electron chi connectivity index (χ0n) is 13.9. The number of halogens is 2. The van der Waals surface area contributed by atoms with E-state index < -0.39 is 0 Å². The summed E-state index contributed by atoms with van der Waals surface area (Å²) < 4.78 is 8.99. The number of carbonyl (C=O) groups excluding carboxylic acids is 1. The molecule has 0 saturated carbocycles. The molecule has 136 valence electrons. The van der Waals surface area contributed by atoms with E-state index in [0.717, 1.165) is 23.7 Å². The second-order valence-electron chi connectivity index (χ2n) is 6.07. The molecule has 0 spiro atoms. The Hall–Kier alpha value is -2.25. The Balaban J connectivity index is 1.35. The fraction of sp³-hybridized carbons (Fsp3) is 0.353. The summed E-state index contributed by atoms with van der Waals surface area (Å²) in [6.45, 7) is 2.45. The maximum absolute atomic E-state index is 12.3. The third kappa shape index (κ3) is 3.24. The number of aryl methyl sites for hydroxylation is 2. The first-order chi connectivity index (χ1) is 12.6. The van der Waals surface area contributed by atoms with Crippen LogP contribution in [0.2, 0.25) is 10.0 Å². The molecule has 26 heavy (non-hydrogen) atoms. The van der Waals surface area contributed by atoms with E-state index in [9.17, 15) is 4.79 Å². The van der Waals surface area contributed by atoms with Crippen molar-refractivity contribution in [3.05, 3.63) is 40.1 Å². The van der Waals surface area contributed by atoms with Crippen molar-refractivity contribution in [2.75, 3.05) is 13.2 Å². The molecule has 1 aliphatic heterocycles. The fourth-order valence-electron chi connectivity index (χ4n) is 2.98. The lowest BCUT2D eigenvalue weighted by molar-refractivity contribution is 0.0947. The quantitative estimate of drug-likeness (QED) is 0.675. The summed E-state index contributed by atoms with van der Waals surface area (Å²) in [4.78, 5) is 12.3. The summed E-state index contributed by atoms with van der Waals surface area (Å²) in [5, 5.41) is 13.4. The second kappa shape index (κ2) is 7.17. The number of rotatable bonds is 5. The van der Waals surface area contributed by atoms with E-state index in [2.05, 4.69) is 15.5 Å². The Morgan fingerprint density at radius 2 is 2.23 bits per heavy atom. The van der Waals surface area contributed by atoms with Crippen LogP contribution in [-0.2, 0) is 13.1 Å². The monoisotopic (exact) mass is 393 g/mol. The summed E-state index contributed by atoms with van der Waals surface area (Å²) >= 11 is 12.3. The van der Waals surface area contributed by atoms with Crippen LogP contribution in [0.25, 0.3) is 10.9 Å². The third-order valence-corrected chi connectivity index (χ3v) is 4.83. The molecule has 7 nitrogen and oxygen atoms in total. The van der Waals surface area contributed by atoms with E-state index >= 15 is 0 Å². The number of amides is 1. The molecule has 9 heteroatoms. The van der Waals surface area contributed by atoms with E-state index in [4.69, 9.17) is 27.9 Å². The van der Waals surface area contributed by atoms with Gasteiger partial charge < -0.3 is 10.1 Å². The largest absolute Gasteiger partial charge is 0.477 e. The van der Waals surface area contributed by atoms with Gasteiger partial charge in [-0.3, -0.25) is 9.48 Å². The van der Waals surface area contributed by atoms with Crippen LogP contribution in [0.5, 0.6) is 5.88 Å². The maximum Gasteiger partial charge on any atom is 0.273 e. The summed E-state index contributed by atoms with van der Waals surface area (Å²) in [7, 11) is 0. The highest BCUT2D eigenvalue weighted by atomic mass is 35.5. The van der Waals surface area contributed by atoms with Gasteiger partial charge in [-0.05, 0) is 24.6 Å². The Kier molecular flexibility index (Phi) is 4.74. The van der Waals surface area contributed by atoms with Crippen molar-refractivity contribution in [1.29, 1.82) is 0 Å². The van der Waals surface area contributed by atoms with Gasteiger partial charge in [0.25, 0.3) is 5.91 Å². The molecule has 0 unspecified atom stereocenters. The van der Waals surface area contributed by atoms with E-state index in [1.165, 1.54) is 0 Å². The molecule has 0 fully saturated rings. The molecule has 1 aliphatic rings. The Bertz CT molecular complexity index is 966. The molecular formula is C17H17Cl2N5O2. The van der Waals surface area contributed by atoms with Crippen LogP contribution in [0.4, 0.5) is 0 Å². The molecule has 0 radical (unpaired) electrons. The SMILES string of the molecule is O=C(NCCCn1ncc2ccc(Cl)cc21)c1nn2c(c1Cl)OCCC2. The fourth-order valence-corrected chi connectivity index (χ4v) is 3.42. The average Bonchev–Trinajstić information content (AvgIpc) is 3.20. The van der Waals surface area contributed by atoms with Crippen molar-refractivity contribution < 1.29 is 9.53 Å². The number of ether oxygens (including phenoxy) is 1. The van der Waals surface area contributed by atoms with Gasteiger partial charge in [0.1, 0.15) is 5.02 Å². The van der Waals surface area contributed by atoms with Crippen LogP contribution in [0.15, 0.2) is 24.4 Å². The van der Waals surface area contributed by atoms with Gasteiger partial charge in [-0.15, -0.1) is 0 Å². The van der Waals surface area contributed by atoms with E-state index in [-0.39, 0.29) is 16.6 Å². The van der Waals surface area contributed by atoms with Gasteiger partial charge in [-0.25, -0.2) is 4.68 Å². The first-order valence-electron chi connectivity index (χ1n) is 8.42. The Morgan fingerprint density at radius 1 is 1.35 bits per heavy atom. The number of benzene rings is 1. The van der Waals surface area contributed by atoms with Crippen molar-refractivity contribution in [2.24, 2.45) is 0 Å². The van der Waals surface area contributed by atoms with Crippen LogP contribution in [0, 0.1) is 0 Å². The van der Waals surface area contributed by atoms with Gasteiger partial charge >= 0.3 is 0 Å². The smallest absolute Gasteiger partial charge is 0.273 e. The minimum absolute atomic E-state index is 0.208. The van der Waals surface area contributed by atoms with Crippen molar-refractivity contribution in [1.82, 2.24) is 24.9 Å². The van der Waals surface area contributed by atoms with Gasteiger partial charge in [0.05, 0.1) is 18.3 Å². The van der Waals surface area contributed by atoms with Gasteiger partial charge in [-0.2, -0.15) is 10.2 Å². The molecule has 0 atom stereocenters. The lowest BCUT2D eigenvalue weighted by Crippen LogP contribution is -2.26. The molecular weight excluding hydrogens is 377 g/mol. The zero-order valence-corrected chi connectivity index (χ0v) is 15.4. The molecule has 3 heterocycles. The predicted molar refractivity (Wildman–Crippen MR) is 99.0 cm³/mol. The number of carbonyl (C=O) groups is 1. The predicted octanol–water partition coefficient (Wildman–Crippen LogP) is 3.14. The summed E-state index contributed by atoms with van der Waals surface area (Å²) in [5.74, 6) is 0.178. The van der Waals surface area contributed by atoms with Gasteiger partial charge in [0, 0.05) is 36.5 Å². The maximum atomic E-state index is 12.3. The second-order valence-corrected chi connectivity index (χ2v) is 6.89. The van der Waals surface area contributed by atoms with Crippen LogP contribution in [0.1, 0.15) is 23.3 Å². The van der Waals surface area contributed by atoms with Gasteiger partial charge in [0.2, 0.25) is 5.88 Å². The molecule has 3 aromatic rings. The van der Waals surface area contributed by atoms with Crippen LogP contribution < -0.4 is 10.1 Å². The molecule has 0 bridgehead atoms. The molecule has 1 aromatic carbocycles. The van der Waals surface area contributed by atoms with Gasteiger partial charge in [0.15, 0.2) is 5.69 Å². The topological polar surface area (TPSA) is 74.0 Å². The number of fused-ring (bicyclic) bond motifs is 2. The minimum atomic E-state index is -0.297. The van der Waals surface area contributed by atoms with E-state index in [0.29, 0.717) is 37.1 Å². The van der Waals surface area contributed by atoms with Crippen LogP contribution >= 0.6 is 23.2 Å². The third-order valence-electron chi connectivity index (χ3n) is 4.26. The molecule has 1 amide bonds. The number of hydrogen-bond acceptors (Lipinski definition) is 4. The van der Waals surface area contributed by atoms with Crippen molar-refractivity contribution in [3.63, 3.8) is 0 Å². The Labute approximate surface area is 159 Å². The molecule has 1 N–H and O–H groups in total. The highest BCUT2D eigenvalue weighted by Crippen LogP contribution is 2.30. The zero-order chi connectivity index (χ0) is 18.1. The Morgan fingerprint density at radius 3 is 3.08 bits per heavy atom. The lowest BCUT2D eigenvalue weighted by Gasteiger charge is -2.14. The summed E-state index contributed by atoms with van der Waals surface area (Å²) in [5.41, 5.74) is 1.19. The highest BCUT2D eigenvalue weighted by molar-refractivity contribution is 6.34. The van der Waals surface area contributed by atoms with Crippen molar-refractivity contribution >= 4 is 40.0 Å². The van der Waals surface area contributed by atoms with Crippen molar-refractivity contribution in [2.45, 2.75) is 25.9 Å². The number of hydrogen-bond donors (Lipinski definition) is 1. The molecule has 0 aliphatic carbocycles. The highest BCUT2D eigenvalue weighted by Gasteiger charge is 2.24. The summed E-state index contributed by atoms with van der Waals surface area (Å²) in [6, 6.07) is 5.67. The molecule has 0 saturated heterocycles. The van der Waals surface area contributed by atoms with Crippen LogP contribution in [-0.4, -0.2) is 38.6 Å². The first-order valence-corrected chi connectivity index (χ1v) is 9.17. The lowest BCUT2D eigenvalue weighted by atomic mass is 10.2. The number of nitrogens with one attached hydrogen (secondary N) is 1. The van der Waals surface area contributed by atoms with E-state index in [1.807, 2.05) is 22.9 Å². The minimum Gasteiger partial charge on any atom is -0.477 e. The van der Waals surface area contributed by atoms with Gasteiger partial charge in [-0.1, -0.05) is 23.2 Å². The van der Waals surface area contributed by atoms with Crippen molar-refractivity contribution in [3.8, 4) is 5.88 Å². The number of nitrogens with zero attached hydrogens (tertiary/aromatic N) is 4. The summed E-state index contributed by atoms with van der Waals surface area (Å²) in [6.07, 6.45) is 3.38. The van der Waals surface area contributed by atoms with E-state index in [1.54, 1.807) is 10.9 Å². The van der Waals surface area contributed by atoms with Crippen LogP contribution in [0.3, 0.4) is 0 Å². The average molecular weight is 394 g/mol. The number of aromatic nitrogens is 4. The molecule has 4 rings (SSSR count). The first kappa shape index (κ1) is 17.2. The normalized spacial score (nSPS) is 13.5. The molecule has 2 aromatic heterocycles.